The topological polar surface area (TPSA) is 66.5 Å². The molecule has 0 aromatic heterocycles. The predicted molar refractivity (Wildman–Crippen MR) is 135 cm³/mol. The van der Waals surface area contributed by atoms with E-state index in [1.807, 2.05) is 48.5 Å². The van der Waals surface area contributed by atoms with Gasteiger partial charge in [0.15, 0.2) is 0 Å². The monoisotopic (exact) mass is 476 g/mol. The molecule has 178 valence electrons. The van der Waals surface area contributed by atoms with Crippen LogP contribution in [0.3, 0.4) is 0 Å². The van der Waals surface area contributed by atoms with Gasteiger partial charge >= 0.3 is 0 Å². The summed E-state index contributed by atoms with van der Waals surface area (Å²) in [5.41, 5.74) is 2.26. The lowest BCUT2D eigenvalue weighted by Crippen LogP contribution is -2.47. The highest BCUT2D eigenvalue weighted by Crippen LogP contribution is 2.37. The second-order valence-corrected chi connectivity index (χ2v) is 10.7. The Morgan fingerprint density at radius 1 is 0.824 bits per heavy atom. The molecule has 0 spiro atoms. The maximum absolute atomic E-state index is 13.6. The molecule has 1 aliphatic rings. The number of carbonyl (C=O) groups is 1. The van der Waals surface area contributed by atoms with Gasteiger partial charge in [-0.15, -0.1) is 0 Å². The van der Waals surface area contributed by atoms with E-state index in [1.165, 1.54) is 9.87 Å². The van der Waals surface area contributed by atoms with Gasteiger partial charge in [-0.25, -0.2) is 8.42 Å². The van der Waals surface area contributed by atoms with E-state index in [4.69, 9.17) is 0 Å². The van der Waals surface area contributed by atoms with Crippen LogP contribution in [0.25, 0.3) is 0 Å². The van der Waals surface area contributed by atoms with Gasteiger partial charge < -0.3 is 5.32 Å². The van der Waals surface area contributed by atoms with Gasteiger partial charge in [0.1, 0.15) is 0 Å². The van der Waals surface area contributed by atoms with Crippen molar-refractivity contribution in [3.63, 3.8) is 0 Å². The van der Waals surface area contributed by atoms with Crippen molar-refractivity contribution in [1.29, 1.82) is 0 Å². The minimum atomic E-state index is -3.73. The molecule has 0 aliphatic carbocycles. The van der Waals surface area contributed by atoms with E-state index < -0.39 is 10.0 Å². The van der Waals surface area contributed by atoms with Crippen molar-refractivity contribution in [2.75, 3.05) is 13.1 Å². The van der Waals surface area contributed by atoms with Crippen molar-refractivity contribution in [2.45, 2.75) is 43.0 Å². The van der Waals surface area contributed by atoms with Crippen LogP contribution in [-0.2, 0) is 21.2 Å². The summed E-state index contributed by atoms with van der Waals surface area (Å²) in [6, 6.07) is 28.3. The first-order valence-electron chi connectivity index (χ1n) is 12.0. The summed E-state index contributed by atoms with van der Waals surface area (Å²) in [5, 5.41) is 3.04. The Bertz CT molecular complexity index is 1150. The molecule has 0 bridgehead atoms. The molecule has 1 heterocycles. The first kappa shape index (κ1) is 24.2. The summed E-state index contributed by atoms with van der Waals surface area (Å²) in [4.78, 5) is 13.2. The van der Waals surface area contributed by atoms with E-state index in [-0.39, 0.29) is 29.3 Å². The average Bonchev–Trinajstić information content (AvgIpc) is 2.89. The number of piperidine rings is 1. The van der Waals surface area contributed by atoms with Crippen LogP contribution in [0.15, 0.2) is 95.9 Å². The first-order valence-corrected chi connectivity index (χ1v) is 13.4. The number of unbranched alkanes of at least 4 members (excludes halogenated alkanes) is 1. The number of sulfonamides is 1. The third-order valence-corrected chi connectivity index (χ3v) is 8.36. The van der Waals surface area contributed by atoms with Crippen molar-refractivity contribution in [1.82, 2.24) is 9.62 Å². The van der Waals surface area contributed by atoms with Crippen LogP contribution >= 0.6 is 0 Å². The van der Waals surface area contributed by atoms with E-state index in [1.54, 1.807) is 30.3 Å². The van der Waals surface area contributed by atoms with Crippen LogP contribution in [0.5, 0.6) is 0 Å². The van der Waals surface area contributed by atoms with E-state index in [0.29, 0.717) is 19.4 Å². The summed E-state index contributed by atoms with van der Waals surface area (Å²) < 4.78 is 28.7. The fraction of sp³-hybridized carbons (Fsp3) is 0.321. The Balaban J connectivity index is 1.40. The number of aryl methyl sites for hydroxylation is 1. The van der Waals surface area contributed by atoms with Crippen LogP contribution in [0.4, 0.5) is 0 Å². The van der Waals surface area contributed by atoms with Gasteiger partial charge in [-0.1, -0.05) is 78.9 Å². The van der Waals surface area contributed by atoms with Crippen LogP contribution in [0.1, 0.15) is 42.9 Å². The molecule has 1 fully saturated rings. The highest BCUT2D eigenvalue weighted by atomic mass is 32.2. The Morgan fingerprint density at radius 2 is 1.44 bits per heavy atom. The number of nitrogens with zero attached hydrogens (tertiary/aromatic N) is 1. The predicted octanol–water partition coefficient (Wildman–Crippen LogP) is 4.97. The zero-order valence-electron chi connectivity index (χ0n) is 19.3. The van der Waals surface area contributed by atoms with E-state index >= 15 is 0 Å². The Labute approximate surface area is 202 Å². The molecule has 0 saturated carbocycles. The molecule has 5 nitrogen and oxygen atoms in total. The van der Waals surface area contributed by atoms with Gasteiger partial charge in [0, 0.05) is 13.1 Å². The van der Waals surface area contributed by atoms with Crippen molar-refractivity contribution in [3.05, 3.63) is 102 Å². The number of amides is 1. The van der Waals surface area contributed by atoms with Crippen molar-refractivity contribution in [2.24, 2.45) is 5.92 Å². The van der Waals surface area contributed by atoms with Crippen LogP contribution in [0.2, 0.25) is 0 Å². The Morgan fingerprint density at radius 3 is 2.12 bits per heavy atom. The number of nitrogens with one attached hydrogen (secondary N) is 1. The van der Waals surface area contributed by atoms with Gasteiger partial charge in [-0.05, 0) is 55.4 Å². The number of hydrogen-bond donors (Lipinski definition) is 1. The summed E-state index contributed by atoms with van der Waals surface area (Å²) in [6.07, 6.45) is 4.16. The van der Waals surface area contributed by atoms with Crippen molar-refractivity contribution in [3.8, 4) is 0 Å². The SMILES string of the molecule is O=C(NCCCCc1ccccc1)C1CCC(c2ccccc2)N(S(=O)(=O)c2ccccc2)C1. The molecule has 3 aromatic rings. The summed E-state index contributed by atoms with van der Waals surface area (Å²) in [7, 11) is -3.73. The molecular weight excluding hydrogens is 444 g/mol. The van der Waals surface area contributed by atoms with E-state index in [2.05, 4.69) is 17.4 Å². The zero-order valence-corrected chi connectivity index (χ0v) is 20.2. The third-order valence-electron chi connectivity index (χ3n) is 6.48. The zero-order chi connectivity index (χ0) is 23.8. The molecule has 6 heteroatoms. The molecule has 2 unspecified atom stereocenters. The quantitative estimate of drug-likeness (QED) is 0.444. The molecular formula is C28H32N2O3S. The lowest BCUT2D eigenvalue weighted by Gasteiger charge is -2.38. The summed E-state index contributed by atoms with van der Waals surface area (Å²) in [6.45, 7) is 0.794. The second kappa shape index (κ2) is 11.4. The minimum absolute atomic E-state index is 0.0560. The van der Waals surface area contributed by atoms with E-state index in [0.717, 1.165) is 24.8 Å². The molecule has 2 atom stereocenters. The lowest BCUT2D eigenvalue weighted by atomic mass is 9.90. The third kappa shape index (κ3) is 5.93. The molecule has 1 amide bonds. The van der Waals surface area contributed by atoms with Crippen LogP contribution < -0.4 is 5.32 Å². The van der Waals surface area contributed by atoms with Crippen molar-refractivity contribution < 1.29 is 13.2 Å². The van der Waals surface area contributed by atoms with Gasteiger partial charge in [0.25, 0.3) is 0 Å². The maximum atomic E-state index is 13.6. The molecule has 1 aliphatic heterocycles. The number of rotatable bonds is 9. The minimum Gasteiger partial charge on any atom is -0.356 e. The standard InChI is InChI=1S/C28H32N2O3S/c31-28(29-21-11-10-14-23-12-4-1-5-13-23)25-19-20-27(24-15-6-2-7-16-24)30(22-25)34(32,33)26-17-8-3-9-18-26/h1-9,12-13,15-18,25,27H,10-11,14,19-22H2,(H,29,31). The molecule has 1 saturated heterocycles. The van der Waals surface area contributed by atoms with Crippen LogP contribution in [-0.4, -0.2) is 31.7 Å². The number of carbonyl (C=O) groups excluding carboxylic acids is 1. The summed E-state index contributed by atoms with van der Waals surface area (Å²) >= 11 is 0. The summed E-state index contributed by atoms with van der Waals surface area (Å²) in [5.74, 6) is -0.410. The molecule has 34 heavy (non-hydrogen) atoms. The van der Waals surface area contributed by atoms with Gasteiger partial charge in [0.05, 0.1) is 16.9 Å². The van der Waals surface area contributed by atoms with Crippen LogP contribution in [0, 0.1) is 5.92 Å². The normalized spacial score (nSPS) is 18.9. The number of benzene rings is 3. The van der Waals surface area contributed by atoms with Gasteiger partial charge in [-0.3, -0.25) is 4.79 Å². The van der Waals surface area contributed by atoms with E-state index in [9.17, 15) is 13.2 Å². The second-order valence-electron chi connectivity index (χ2n) is 8.82. The lowest BCUT2D eigenvalue weighted by molar-refractivity contribution is -0.126. The highest BCUT2D eigenvalue weighted by molar-refractivity contribution is 7.89. The largest absolute Gasteiger partial charge is 0.356 e. The molecule has 4 rings (SSSR count). The fourth-order valence-corrected chi connectivity index (χ4v) is 6.32. The van der Waals surface area contributed by atoms with Gasteiger partial charge in [-0.2, -0.15) is 4.31 Å². The Hall–Kier alpha value is -2.96. The molecule has 1 N–H and O–H groups in total. The number of hydrogen-bond acceptors (Lipinski definition) is 3. The fourth-order valence-electron chi connectivity index (χ4n) is 4.61. The molecule has 0 radical (unpaired) electrons. The molecule has 3 aromatic carbocycles. The van der Waals surface area contributed by atoms with Gasteiger partial charge in [0.2, 0.25) is 15.9 Å². The highest BCUT2D eigenvalue weighted by Gasteiger charge is 2.39. The van der Waals surface area contributed by atoms with Crippen molar-refractivity contribution >= 4 is 15.9 Å². The smallest absolute Gasteiger partial charge is 0.243 e. The maximum Gasteiger partial charge on any atom is 0.243 e. The average molecular weight is 477 g/mol. The first-order chi connectivity index (χ1) is 16.6. The Kier molecular flexibility index (Phi) is 8.14.